The van der Waals surface area contributed by atoms with Gasteiger partial charge in [0.2, 0.25) is 10.0 Å². The van der Waals surface area contributed by atoms with Gasteiger partial charge in [-0.15, -0.1) is 0 Å². The van der Waals surface area contributed by atoms with Crippen LogP contribution in [0.15, 0.2) is 4.90 Å². The fraction of sp³-hybridized carbons (Fsp3) is 0.545. The van der Waals surface area contributed by atoms with Crippen LogP contribution in [0.4, 0.5) is 0 Å². The van der Waals surface area contributed by atoms with Crippen LogP contribution < -0.4 is 0 Å². The third-order valence-corrected chi connectivity index (χ3v) is 6.77. The van der Waals surface area contributed by atoms with Crippen molar-refractivity contribution >= 4 is 26.8 Å². The number of nitrogens with one attached hydrogen (secondary N) is 1. The third kappa shape index (κ3) is 2.52. The molecule has 9 heteroatoms. The van der Waals surface area contributed by atoms with E-state index in [0.29, 0.717) is 17.2 Å². The van der Waals surface area contributed by atoms with Crippen molar-refractivity contribution in [1.82, 2.24) is 9.29 Å². The summed E-state index contributed by atoms with van der Waals surface area (Å²) in [7, 11) is -4.73. The van der Waals surface area contributed by atoms with Gasteiger partial charge in [0.1, 0.15) is 10.6 Å². The fourth-order valence-corrected chi connectivity index (χ4v) is 5.46. The van der Waals surface area contributed by atoms with Crippen molar-refractivity contribution in [3.8, 4) is 0 Å². The molecule has 2 heterocycles. The summed E-state index contributed by atoms with van der Waals surface area (Å²) < 4.78 is 37.7. The number of H-pyrrole nitrogens is 1. The van der Waals surface area contributed by atoms with Gasteiger partial charge in [-0.05, 0) is 13.8 Å². The van der Waals surface area contributed by atoms with Gasteiger partial charge in [0.15, 0.2) is 0 Å². The van der Waals surface area contributed by atoms with E-state index >= 15 is 0 Å². The molecule has 20 heavy (non-hydrogen) atoms. The Hall–Kier alpha value is -1.19. The lowest BCUT2D eigenvalue weighted by Crippen LogP contribution is -2.42. The molecule has 0 saturated carbocycles. The van der Waals surface area contributed by atoms with E-state index in [1.165, 1.54) is 18.2 Å². The van der Waals surface area contributed by atoms with Crippen molar-refractivity contribution in [2.45, 2.75) is 18.7 Å². The number of sulfonamides is 1. The van der Waals surface area contributed by atoms with Crippen LogP contribution in [0.25, 0.3) is 0 Å². The first-order valence-corrected chi connectivity index (χ1v) is 8.95. The maximum absolute atomic E-state index is 12.6. The van der Waals surface area contributed by atoms with Gasteiger partial charge >= 0.3 is 5.97 Å². The molecule has 0 radical (unpaired) electrons. The maximum atomic E-state index is 12.6. The Bertz CT molecular complexity index is 667. The van der Waals surface area contributed by atoms with Crippen molar-refractivity contribution in [1.29, 1.82) is 0 Å². The molecular weight excluding hydrogens is 304 g/mol. The van der Waals surface area contributed by atoms with E-state index in [4.69, 9.17) is 5.11 Å². The normalized spacial score (nSPS) is 18.3. The van der Waals surface area contributed by atoms with Crippen LogP contribution in [-0.4, -0.2) is 57.6 Å². The van der Waals surface area contributed by atoms with Gasteiger partial charge in [0, 0.05) is 46.7 Å². The quantitative estimate of drug-likeness (QED) is 0.820. The number of aromatic carboxylic acids is 1. The van der Waals surface area contributed by atoms with Gasteiger partial charge in [-0.2, -0.15) is 4.31 Å². The van der Waals surface area contributed by atoms with Gasteiger partial charge in [0.25, 0.3) is 0 Å². The predicted octanol–water partition coefficient (Wildman–Crippen LogP) is 0.0827. The second kappa shape index (κ2) is 5.30. The number of hydrogen-bond donors (Lipinski definition) is 2. The first kappa shape index (κ1) is 15.2. The Balaban J connectivity index is 2.45. The standard InChI is InChI=1S/C11H16N2O5S2/c1-7-9(11(14)15)12-8(2)10(7)20(17,18)13-3-5-19(16)6-4-13/h12H,3-6H2,1-2H3,(H,14,15). The second-order valence-electron chi connectivity index (χ2n) is 4.64. The van der Waals surface area contributed by atoms with E-state index in [-0.39, 0.29) is 29.2 Å². The first-order valence-electron chi connectivity index (χ1n) is 6.02. The van der Waals surface area contributed by atoms with Gasteiger partial charge in [-0.25, -0.2) is 13.2 Å². The summed E-state index contributed by atoms with van der Waals surface area (Å²) in [5, 5.41) is 9.03. The predicted molar refractivity (Wildman–Crippen MR) is 73.9 cm³/mol. The van der Waals surface area contributed by atoms with E-state index in [1.807, 2.05) is 0 Å². The minimum absolute atomic E-state index is 0.0163. The number of aromatic amines is 1. The summed E-state index contributed by atoms with van der Waals surface area (Å²) in [5.74, 6) is -0.562. The summed E-state index contributed by atoms with van der Waals surface area (Å²) in [6.45, 7) is 3.40. The van der Waals surface area contributed by atoms with Crippen molar-refractivity contribution in [3.05, 3.63) is 17.0 Å². The van der Waals surface area contributed by atoms with E-state index in [2.05, 4.69) is 4.98 Å². The molecule has 112 valence electrons. The Morgan fingerprint density at radius 2 is 1.85 bits per heavy atom. The molecule has 2 N–H and O–H groups in total. The molecule has 0 aliphatic carbocycles. The highest BCUT2D eigenvalue weighted by molar-refractivity contribution is 7.89. The van der Waals surface area contributed by atoms with Crippen LogP contribution in [0.5, 0.6) is 0 Å². The highest BCUT2D eigenvalue weighted by Gasteiger charge is 2.33. The highest BCUT2D eigenvalue weighted by atomic mass is 32.2. The van der Waals surface area contributed by atoms with Gasteiger partial charge in [0.05, 0.1) is 0 Å². The lowest BCUT2D eigenvalue weighted by Gasteiger charge is -2.25. The summed E-state index contributed by atoms with van der Waals surface area (Å²) >= 11 is 0. The monoisotopic (exact) mass is 320 g/mol. The maximum Gasteiger partial charge on any atom is 0.352 e. The van der Waals surface area contributed by atoms with Crippen molar-refractivity contribution in [2.24, 2.45) is 0 Å². The number of carboxylic acids is 1. The minimum atomic E-state index is -3.76. The zero-order chi connectivity index (χ0) is 15.1. The van der Waals surface area contributed by atoms with Crippen molar-refractivity contribution < 1.29 is 22.5 Å². The molecule has 1 aromatic heterocycles. The molecule has 0 bridgehead atoms. The summed E-state index contributed by atoms with van der Waals surface area (Å²) in [6.07, 6.45) is 0. The molecule has 7 nitrogen and oxygen atoms in total. The topological polar surface area (TPSA) is 108 Å². The lowest BCUT2D eigenvalue weighted by atomic mass is 10.2. The van der Waals surface area contributed by atoms with Gasteiger partial charge in [-0.3, -0.25) is 4.21 Å². The molecular formula is C11H16N2O5S2. The average molecular weight is 320 g/mol. The zero-order valence-corrected chi connectivity index (χ0v) is 12.8. The molecule has 0 spiro atoms. The first-order chi connectivity index (χ1) is 9.25. The smallest absolute Gasteiger partial charge is 0.352 e. The van der Waals surface area contributed by atoms with Crippen molar-refractivity contribution in [2.75, 3.05) is 24.6 Å². The Morgan fingerprint density at radius 3 is 2.30 bits per heavy atom. The molecule has 0 amide bonds. The molecule has 1 fully saturated rings. The number of carboxylic acid groups (broad SMARTS) is 1. The van der Waals surface area contributed by atoms with Crippen LogP contribution in [0.1, 0.15) is 21.7 Å². The van der Waals surface area contributed by atoms with Crippen LogP contribution >= 0.6 is 0 Å². The van der Waals surface area contributed by atoms with Gasteiger partial charge < -0.3 is 10.1 Å². The average Bonchev–Trinajstić information content (AvgIpc) is 2.66. The number of carbonyl (C=O) groups is 1. The summed E-state index contributed by atoms with van der Waals surface area (Å²) in [5.41, 5.74) is 0.412. The molecule has 2 rings (SSSR count). The van der Waals surface area contributed by atoms with Crippen molar-refractivity contribution in [3.63, 3.8) is 0 Å². The van der Waals surface area contributed by atoms with Crippen LogP contribution in [-0.2, 0) is 20.8 Å². The summed E-state index contributed by atoms with van der Waals surface area (Å²) in [6, 6.07) is 0. The second-order valence-corrected chi connectivity index (χ2v) is 8.21. The molecule has 0 atom stereocenters. The number of rotatable bonds is 3. The molecule has 1 saturated heterocycles. The van der Waals surface area contributed by atoms with E-state index in [0.717, 1.165) is 0 Å². The van der Waals surface area contributed by atoms with E-state index in [1.54, 1.807) is 0 Å². The highest BCUT2D eigenvalue weighted by Crippen LogP contribution is 2.27. The Kier molecular flexibility index (Phi) is 4.03. The van der Waals surface area contributed by atoms with Crippen LogP contribution in [0, 0.1) is 13.8 Å². The zero-order valence-electron chi connectivity index (χ0n) is 11.2. The van der Waals surface area contributed by atoms with Gasteiger partial charge in [-0.1, -0.05) is 0 Å². The third-order valence-electron chi connectivity index (χ3n) is 3.32. The molecule has 1 aromatic rings. The molecule has 1 aliphatic rings. The molecule has 0 unspecified atom stereocenters. The number of aromatic nitrogens is 1. The number of nitrogens with zero attached hydrogens (tertiary/aromatic N) is 1. The van der Waals surface area contributed by atoms with Crippen LogP contribution in [0.2, 0.25) is 0 Å². The number of aryl methyl sites for hydroxylation is 1. The largest absolute Gasteiger partial charge is 0.477 e. The van der Waals surface area contributed by atoms with E-state index in [9.17, 15) is 17.4 Å². The SMILES string of the molecule is Cc1[nH]c(C(=O)O)c(C)c1S(=O)(=O)N1CCS(=O)CC1. The minimum Gasteiger partial charge on any atom is -0.477 e. The molecule has 0 aromatic carbocycles. The Labute approximate surface area is 119 Å². The van der Waals surface area contributed by atoms with E-state index < -0.39 is 26.8 Å². The lowest BCUT2D eigenvalue weighted by molar-refractivity contribution is 0.0690. The molecule has 1 aliphatic heterocycles. The van der Waals surface area contributed by atoms with Crippen LogP contribution in [0.3, 0.4) is 0 Å². The fourth-order valence-electron chi connectivity index (χ4n) is 2.32. The Morgan fingerprint density at radius 1 is 1.30 bits per heavy atom. The summed E-state index contributed by atoms with van der Waals surface area (Å²) in [4.78, 5) is 13.7. The number of hydrogen-bond acceptors (Lipinski definition) is 4.